The third-order valence-electron chi connectivity index (χ3n) is 4.29. The van der Waals surface area contributed by atoms with Crippen LogP contribution in [0.5, 0.6) is 0 Å². The van der Waals surface area contributed by atoms with Gasteiger partial charge in [-0.3, -0.25) is 19.0 Å². The lowest BCUT2D eigenvalue weighted by Gasteiger charge is -2.45. The Morgan fingerprint density at radius 3 is 2.64 bits per heavy atom. The van der Waals surface area contributed by atoms with Crippen molar-refractivity contribution in [1.82, 2.24) is 19.8 Å². The molecule has 1 aliphatic heterocycles. The number of nitrogens with one attached hydrogen (secondary N) is 1. The van der Waals surface area contributed by atoms with Crippen LogP contribution in [0.1, 0.15) is 24.2 Å². The number of halogens is 1. The number of hydrogen-bond donors (Lipinski definition) is 1. The first kappa shape index (κ1) is 17.4. The summed E-state index contributed by atoms with van der Waals surface area (Å²) in [6, 6.07) is 2.99. The van der Waals surface area contributed by atoms with Crippen LogP contribution in [0.2, 0.25) is 5.02 Å². The minimum absolute atomic E-state index is 0.0679. The Morgan fingerprint density at radius 2 is 2.04 bits per heavy atom. The van der Waals surface area contributed by atoms with Crippen molar-refractivity contribution in [3.05, 3.63) is 39.3 Å². The summed E-state index contributed by atoms with van der Waals surface area (Å²) in [6.45, 7) is 5.25. The predicted octanol–water partition coefficient (Wildman–Crippen LogP) is 1.28. The van der Waals surface area contributed by atoms with Crippen LogP contribution < -0.4 is 10.9 Å². The Bertz CT molecular complexity index is 927. The summed E-state index contributed by atoms with van der Waals surface area (Å²) in [6.07, 6.45) is 1.47. The summed E-state index contributed by atoms with van der Waals surface area (Å²) < 4.78 is 1.22. The quantitative estimate of drug-likeness (QED) is 0.891. The van der Waals surface area contributed by atoms with Crippen molar-refractivity contribution in [2.75, 3.05) is 20.1 Å². The third kappa shape index (κ3) is 3.11. The van der Waals surface area contributed by atoms with Crippen LogP contribution in [0, 0.1) is 5.41 Å². The van der Waals surface area contributed by atoms with E-state index in [0.29, 0.717) is 29.1 Å². The van der Waals surface area contributed by atoms with Crippen LogP contribution in [-0.2, 0) is 11.3 Å². The van der Waals surface area contributed by atoms with Gasteiger partial charge in [-0.05, 0) is 17.5 Å². The topological polar surface area (TPSA) is 84.3 Å². The fourth-order valence-electron chi connectivity index (χ4n) is 3.08. The summed E-state index contributed by atoms with van der Waals surface area (Å²) in [7, 11) is 1.44. The van der Waals surface area contributed by atoms with Gasteiger partial charge in [0.2, 0.25) is 5.91 Å². The van der Waals surface area contributed by atoms with Crippen LogP contribution in [0.15, 0.2) is 23.1 Å². The molecule has 1 fully saturated rings. The van der Waals surface area contributed by atoms with E-state index in [1.54, 1.807) is 11.0 Å². The van der Waals surface area contributed by atoms with E-state index in [9.17, 15) is 14.4 Å². The molecule has 0 atom stereocenters. The highest BCUT2D eigenvalue weighted by atomic mass is 35.5. The van der Waals surface area contributed by atoms with E-state index in [-0.39, 0.29) is 23.4 Å². The van der Waals surface area contributed by atoms with Gasteiger partial charge in [-0.25, -0.2) is 4.98 Å². The number of likely N-dealkylation sites (tertiary alicyclic amines) is 1. The summed E-state index contributed by atoms with van der Waals surface area (Å²) in [5, 5.41) is 3.25. The number of amides is 2. The molecule has 0 aliphatic carbocycles. The molecule has 7 nitrogen and oxygen atoms in total. The van der Waals surface area contributed by atoms with Gasteiger partial charge in [0.15, 0.2) is 0 Å². The Kier molecular flexibility index (Phi) is 4.28. The Hall–Kier alpha value is -2.41. The Balaban J connectivity index is 2.08. The molecule has 1 saturated heterocycles. The molecule has 0 radical (unpaired) electrons. The number of carbonyl (C=O) groups excluding carboxylic acids is 2. The second-order valence-electron chi connectivity index (χ2n) is 6.97. The van der Waals surface area contributed by atoms with Gasteiger partial charge < -0.3 is 10.2 Å². The SMILES string of the molecule is CNC(=O)c1cc2c(Cl)ccnc2n(CC(=O)N2CC(C)(C)C2)c1=O. The first-order chi connectivity index (χ1) is 11.7. The van der Waals surface area contributed by atoms with Gasteiger partial charge in [-0.2, -0.15) is 0 Å². The van der Waals surface area contributed by atoms with Gasteiger partial charge in [-0.15, -0.1) is 0 Å². The third-order valence-corrected chi connectivity index (χ3v) is 4.62. The van der Waals surface area contributed by atoms with Crippen molar-refractivity contribution >= 4 is 34.4 Å². The zero-order valence-electron chi connectivity index (χ0n) is 14.3. The highest BCUT2D eigenvalue weighted by Gasteiger charge is 2.37. The van der Waals surface area contributed by atoms with Crippen LogP contribution >= 0.6 is 11.6 Å². The first-order valence-corrected chi connectivity index (χ1v) is 8.29. The van der Waals surface area contributed by atoms with E-state index in [4.69, 9.17) is 11.6 Å². The summed E-state index contributed by atoms with van der Waals surface area (Å²) in [4.78, 5) is 43.2. The van der Waals surface area contributed by atoms with Gasteiger partial charge >= 0.3 is 0 Å². The average molecular weight is 363 g/mol. The largest absolute Gasteiger partial charge is 0.355 e. The fraction of sp³-hybridized carbons (Fsp3) is 0.412. The smallest absolute Gasteiger partial charge is 0.265 e. The van der Waals surface area contributed by atoms with E-state index in [0.717, 1.165) is 0 Å². The minimum atomic E-state index is -0.560. The van der Waals surface area contributed by atoms with E-state index < -0.39 is 11.5 Å². The molecule has 132 valence electrons. The van der Waals surface area contributed by atoms with Crippen molar-refractivity contribution in [3.8, 4) is 0 Å². The predicted molar refractivity (Wildman–Crippen MR) is 94.8 cm³/mol. The number of hydrogen-bond acceptors (Lipinski definition) is 4. The number of nitrogens with zero attached hydrogens (tertiary/aromatic N) is 3. The minimum Gasteiger partial charge on any atom is -0.355 e. The molecule has 2 amide bonds. The number of fused-ring (bicyclic) bond motifs is 1. The number of carbonyl (C=O) groups is 2. The molecule has 3 heterocycles. The van der Waals surface area contributed by atoms with Crippen LogP contribution in [-0.4, -0.2) is 46.4 Å². The standard InChI is InChI=1S/C17H19ClN4O3/c1-17(2)8-21(9-17)13(23)7-22-14-10(12(18)4-5-20-14)6-11(16(22)25)15(24)19-3/h4-6H,7-9H2,1-3H3,(H,19,24). The van der Waals surface area contributed by atoms with Gasteiger partial charge in [0, 0.05) is 31.7 Å². The molecule has 0 aromatic carbocycles. The maximum atomic E-state index is 12.7. The Morgan fingerprint density at radius 1 is 1.36 bits per heavy atom. The van der Waals surface area contributed by atoms with Crippen LogP contribution in [0.3, 0.4) is 0 Å². The Labute approximate surface area is 149 Å². The molecule has 8 heteroatoms. The molecule has 2 aromatic rings. The second-order valence-corrected chi connectivity index (χ2v) is 7.38. The van der Waals surface area contributed by atoms with Gasteiger partial charge in [-0.1, -0.05) is 25.4 Å². The monoisotopic (exact) mass is 362 g/mol. The van der Waals surface area contributed by atoms with Crippen molar-refractivity contribution < 1.29 is 9.59 Å². The van der Waals surface area contributed by atoms with Crippen LogP contribution in [0.4, 0.5) is 0 Å². The molecule has 0 saturated carbocycles. The molecule has 2 aromatic heterocycles. The molecule has 0 spiro atoms. The molecule has 25 heavy (non-hydrogen) atoms. The normalized spacial score (nSPS) is 15.8. The van der Waals surface area contributed by atoms with Gasteiger partial charge in [0.05, 0.1) is 5.02 Å². The average Bonchev–Trinajstić information content (AvgIpc) is 2.54. The van der Waals surface area contributed by atoms with Crippen LogP contribution in [0.25, 0.3) is 11.0 Å². The lowest BCUT2D eigenvalue weighted by atomic mass is 9.84. The van der Waals surface area contributed by atoms with Crippen molar-refractivity contribution in [2.24, 2.45) is 5.41 Å². The summed E-state index contributed by atoms with van der Waals surface area (Å²) >= 11 is 6.19. The zero-order chi connectivity index (χ0) is 18.4. The number of rotatable bonds is 3. The molecule has 1 N–H and O–H groups in total. The zero-order valence-corrected chi connectivity index (χ0v) is 15.1. The maximum absolute atomic E-state index is 12.7. The van der Waals surface area contributed by atoms with Gasteiger partial charge in [0.1, 0.15) is 17.8 Å². The molecule has 1 aliphatic rings. The first-order valence-electron chi connectivity index (χ1n) is 7.91. The summed E-state index contributed by atoms with van der Waals surface area (Å²) in [5.41, 5.74) is -0.247. The van der Waals surface area contributed by atoms with E-state index >= 15 is 0 Å². The van der Waals surface area contributed by atoms with E-state index in [1.807, 2.05) is 0 Å². The van der Waals surface area contributed by atoms with Crippen molar-refractivity contribution in [3.63, 3.8) is 0 Å². The fourth-order valence-corrected chi connectivity index (χ4v) is 3.27. The number of aromatic nitrogens is 2. The van der Waals surface area contributed by atoms with Gasteiger partial charge in [0.25, 0.3) is 11.5 Å². The second kappa shape index (κ2) is 6.15. The maximum Gasteiger partial charge on any atom is 0.265 e. The highest BCUT2D eigenvalue weighted by molar-refractivity contribution is 6.35. The molecule has 0 bridgehead atoms. The van der Waals surface area contributed by atoms with E-state index in [2.05, 4.69) is 24.1 Å². The molecular weight excluding hydrogens is 344 g/mol. The lowest BCUT2D eigenvalue weighted by molar-refractivity contribution is -0.142. The number of pyridine rings is 2. The highest BCUT2D eigenvalue weighted by Crippen LogP contribution is 2.29. The van der Waals surface area contributed by atoms with Crippen molar-refractivity contribution in [1.29, 1.82) is 0 Å². The molecular formula is C17H19ClN4O3. The van der Waals surface area contributed by atoms with E-state index in [1.165, 1.54) is 23.9 Å². The summed E-state index contributed by atoms with van der Waals surface area (Å²) in [5.74, 6) is -0.711. The molecule has 0 unspecified atom stereocenters. The van der Waals surface area contributed by atoms with Crippen molar-refractivity contribution in [2.45, 2.75) is 20.4 Å². The lowest BCUT2D eigenvalue weighted by Crippen LogP contribution is -2.56. The molecule has 3 rings (SSSR count).